The molecule has 0 aliphatic heterocycles. The lowest BCUT2D eigenvalue weighted by atomic mass is 10.3. The molecule has 106 valence electrons. The molecule has 1 aromatic carbocycles. The van der Waals surface area contributed by atoms with Crippen molar-refractivity contribution in [1.29, 1.82) is 0 Å². The summed E-state index contributed by atoms with van der Waals surface area (Å²) in [7, 11) is 0. The molecule has 1 heterocycles. The quantitative estimate of drug-likeness (QED) is 0.708. The Labute approximate surface area is 123 Å². The largest absolute Gasteiger partial charge is 0.370 e. The summed E-state index contributed by atoms with van der Waals surface area (Å²) in [6.07, 6.45) is 3.08. The fourth-order valence-electron chi connectivity index (χ4n) is 1.72. The fraction of sp³-hybridized carbons (Fsp3) is 0.286. The zero-order valence-electron chi connectivity index (χ0n) is 11.7. The Bertz CT molecular complexity index is 573. The van der Waals surface area contributed by atoms with Crippen LogP contribution in [0.2, 0.25) is 0 Å². The zero-order valence-corrected chi connectivity index (χ0v) is 12.5. The molecule has 0 aliphatic rings. The van der Waals surface area contributed by atoms with Crippen LogP contribution in [0.4, 0.5) is 23.3 Å². The summed E-state index contributed by atoms with van der Waals surface area (Å²) in [4.78, 5) is 9.56. The van der Waals surface area contributed by atoms with Crippen molar-refractivity contribution < 1.29 is 0 Å². The lowest BCUT2D eigenvalue weighted by Crippen LogP contribution is -2.06. The second kappa shape index (κ2) is 7.00. The van der Waals surface area contributed by atoms with Gasteiger partial charge in [-0.2, -0.15) is 9.97 Å². The second-order valence-electron chi connectivity index (χ2n) is 4.28. The summed E-state index contributed by atoms with van der Waals surface area (Å²) in [5.74, 6) is 1.69. The van der Waals surface area contributed by atoms with Crippen LogP contribution in [0.3, 0.4) is 0 Å². The molecule has 4 N–H and O–H groups in total. The molecule has 0 atom stereocenters. The van der Waals surface area contributed by atoms with Gasteiger partial charge in [-0.1, -0.05) is 13.0 Å². The van der Waals surface area contributed by atoms with E-state index < -0.39 is 0 Å². The van der Waals surface area contributed by atoms with Crippen molar-refractivity contribution >= 4 is 35.0 Å². The van der Waals surface area contributed by atoms with Gasteiger partial charge in [0.1, 0.15) is 11.6 Å². The van der Waals surface area contributed by atoms with E-state index in [1.807, 2.05) is 18.2 Å². The van der Waals surface area contributed by atoms with Crippen molar-refractivity contribution in [3.8, 4) is 0 Å². The Kier molecular flexibility index (Phi) is 5.06. The van der Waals surface area contributed by atoms with E-state index in [9.17, 15) is 0 Å². The van der Waals surface area contributed by atoms with E-state index in [0.29, 0.717) is 5.82 Å². The third-order valence-electron chi connectivity index (χ3n) is 2.64. The Morgan fingerprint density at radius 3 is 2.75 bits per heavy atom. The number of aromatic nitrogens is 2. The van der Waals surface area contributed by atoms with Crippen molar-refractivity contribution in [2.45, 2.75) is 18.2 Å². The Morgan fingerprint density at radius 2 is 2.00 bits per heavy atom. The Balaban J connectivity index is 2.17. The van der Waals surface area contributed by atoms with Crippen molar-refractivity contribution in [3.05, 3.63) is 30.3 Å². The van der Waals surface area contributed by atoms with Gasteiger partial charge in [-0.05, 0) is 30.9 Å². The molecule has 0 saturated heterocycles. The van der Waals surface area contributed by atoms with Crippen LogP contribution in [0.15, 0.2) is 35.2 Å². The molecule has 2 rings (SSSR count). The highest BCUT2D eigenvalue weighted by molar-refractivity contribution is 7.98. The number of thioether (sulfide) groups is 1. The molecular weight excluding hydrogens is 270 g/mol. The molecule has 0 saturated carbocycles. The van der Waals surface area contributed by atoms with Gasteiger partial charge in [0, 0.05) is 23.2 Å². The van der Waals surface area contributed by atoms with Crippen LogP contribution in [0.1, 0.15) is 13.3 Å². The SMILES string of the molecule is CCCNc1cc(Nc2cccc(SC)c2)nc(N)n1. The smallest absolute Gasteiger partial charge is 0.223 e. The lowest BCUT2D eigenvalue weighted by Gasteiger charge is -2.10. The summed E-state index contributed by atoms with van der Waals surface area (Å²) in [6.45, 7) is 2.96. The van der Waals surface area contributed by atoms with Crippen LogP contribution in [0.5, 0.6) is 0 Å². The minimum atomic E-state index is 0.259. The van der Waals surface area contributed by atoms with Gasteiger partial charge < -0.3 is 16.4 Å². The van der Waals surface area contributed by atoms with Gasteiger partial charge in [-0.3, -0.25) is 0 Å². The maximum absolute atomic E-state index is 5.73. The average Bonchev–Trinajstić information content (AvgIpc) is 2.44. The van der Waals surface area contributed by atoms with E-state index in [4.69, 9.17) is 5.73 Å². The molecule has 0 radical (unpaired) electrons. The predicted octanol–water partition coefficient (Wildman–Crippen LogP) is 3.35. The van der Waals surface area contributed by atoms with Gasteiger partial charge in [-0.15, -0.1) is 11.8 Å². The minimum absolute atomic E-state index is 0.259. The number of nitrogens with zero attached hydrogens (tertiary/aromatic N) is 2. The summed E-state index contributed by atoms with van der Waals surface area (Å²) in [5, 5.41) is 6.46. The van der Waals surface area contributed by atoms with Gasteiger partial charge in [0.15, 0.2) is 0 Å². The van der Waals surface area contributed by atoms with Crippen LogP contribution in [0, 0.1) is 0 Å². The number of nitrogens with one attached hydrogen (secondary N) is 2. The third-order valence-corrected chi connectivity index (χ3v) is 3.37. The Hall–Kier alpha value is -1.95. The molecule has 0 aliphatic carbocycles. The van der Waals surface area contributed by atoms with E-state index >= 15 is 0 Å². The molecular formula is C14H19N5S. The van der Waals surface area contributed by atoms with Gasteiger partial charge in [0.05, 0.1) is 0 Å². The van der Waals surface area contributed by atoms with E-state index in [-0.39, 0.29) is 5.95 Å². The second-order valence-corrected chi connectivity index (χ2v) is 5.16. The van der Waals surface area contributed by atoms with E-state index in [1.54, 1.807) is 11.8 Å². The summed E-state index contributed by atoms with van der Waals surface area (Å²) in [5.41, 5.74) is 6.72. The highest BCUT2D eigenvalue weighted by atomic mass is 32.2. The summed E-state index contributed by atoms with van der Waals surface area (Å²) in [6, 6.07) is 10.0. The van der Waals surface area contributed by atoms with E-state index in [0.717, 1.165) is 24.5 Å². The number of nitrogens with two attached hydrogens (primary N) is 1. The number of benzene rings is 1. The summed E-state index contributed by atoms with van der Waals surface area (Å²) < 4.78 is 0. The first-order chi connectivity index (χ1) is 9.71. The molecule has 0 unspecified atom stereocenters. The molecule has 6 heteroatoms. The molecule has 0 fully saturated rings. The Morgan fingerprint density at radius 1 is 1.20 bits per heavy atom. The maximum atomic E-state index is 5.73. The van der Waals surface area contributed by atoms with Gasteiger partial charge in [-0.25, -0.2) is 0 Å². The van der Waals surface area contributed by atoms with Crippen molar-refractivity contribution in [1.82, 2.24) is 9.97 Å². The molecule has 0 amide bonds. The first-order valence-electron chi connectivity index (χ1n) is 6.50. The van der Waals surface area contributed by atoms with Crippen LogP contribution in [0.25, 0.3) is 0 Å². The number of anilines is 4. The van der Waals surface area contributed by atoms with Crippen LogP contribution in [-0.4, -0.2) is 22.8 Å². The fourth-order valence-corrected chi connectivity index (χ4v) is 2.18. The molecule has 1 aromatic heterocycles. The topological polar surface area (TPSA) is 75.9 Å². The van der Waals surface area contributed by atoms with Crippen molar-refractivity contribution in [2.24, 2.45) is 0 Å². The monoisotopic (exact) mass is 289 g/mol. The molecule has 2 aromatic rings. The lowest BCUT2D eigenvalue weighted by molar-refractivity contribution is 0.967. The van der Waals surface area contributed by atoms with Gasteiger partial charge in [0.25, 0.3) is 0 Å². The number of hydrogen-bond donors (Lipinski definition) is 3. The van der Waals surface area contributed by atoms with Crippen molar-refractivity contribution in [2.75, 3.05) is 29.2 Å². The van der Waals surface area contributed by atoms with Crippen LogP contribution < -0.4 is 16.4 Å². The zero-order chi connectivity index (χ0) is 14.4. The first kappa shape index (κ1) is 14.5. The number of rotatable bonds is 6. The van der Waals surface area contributed by atoms with Crippen LogP contribution >= 0.6 is 11.8 Å². The van der Waals surface area contributed by atoms with E-state index in [1.165, 1.54) is 4.90 Å². The highest BCUT2D eigenvalue weighted by Gasteiger charge is 2.03. The molecule has 0 spiro atoms. The highest BCUT2D eigenvalue weighted by Crippen LogP contribution is 2.22. The van der Waals surface area contributed by atoms with Gasteiger partial charge in [0.2, 0.25) is 5.95 Å². The predicted molar refractivity (Wildman–Crippen MR) is 86.7 cm³/mol. The summed E-state index contributed by atoms with van der Waals surface area (Å²) >= 11 is 1.70. The normalized spacial score (nSPS) is 10.3. The number of nitrogen functional groups attached to an aromatic ring is 1. The maximum Gasteiger partial charge on any atom is 0.223 e. The van der Waals surface area contributed by atoms with Crippen molar-refractivity contribution in [3.63, 3.8) is 0 Å². The standard InChI is InChI=1S/C14H19N5S/c1-3-7-16-12-9-13(19-14(15)18-12)17-10-5-4-6-11(8-10)20-2/h4-6,8-9H,3,7H2,1-2H3,(H4,15,16,17,18,19). The minimum Gasteiger partial charge on any atom is -0.370 e. The van der Waals surface area contributed by atoms with Crippen LogP contribution in [-0.2, 0) is 0 Å². The third kappa shape index (κ3) is 4.03. The molecule has 0 bridgehead atoms. The first-order valence-corrected chi connectivity index (χ1v) is 7.73. The molecule has 5 nitrogen and oxygen atoms in total. The average molecular weight is 289 g/mol. The number of hydrogen-bond acceptors (Lipinski definition) is 6. The van der Waals surface area contributed by atoms with E-state index in [2.05, 4.69) is 45.9 Å². The molecule has 20 heavy (non-hydrogen) atoms. The van der Waals surface area contributed by atoms with Gasteiger partial charge >= 0.3 is 0 Å².